The van der Waals surface area contributed by atoms with Crippen LogP contribution in [0.3, 0.4) is 0 Å². The van der Waals surface area contributed by atoms with E-state index in [4.69, 9.17) is 4.43 Å². The largest absolute Gasteiger partial charge is 0.414 e. The molecular weight excluding hydrogens is 204 g/mol. The van der Waals surface area contributed by atoms with Crippen LogP contribution in [-0.2, 0) is 9.22 Å². The lowest BCUT2D eigenvalue weighted by atomic mass is 10.2. The number of aldehydes is 1. The summed E-state index contributed by atoms with van der Waals surface area (Å²) < 4.78 is 6.12. The molecule has 1 atom stereocenters. The fourth-order valence-electron chi connectivity index (χ4n) is 1.05. The van der Waals surface area contributed by atoms with Gasteiger partial charge in [0, 0.05) is 6.10 Å². The first kappa shape index (κ1) is 14.6. The number of hydrogen-bond acceptors (Lipinski definition) is 2. The van der Waals surface area contributed by atoms with Gasteiger partial charge in [-0.25, -0.2) is 0 Å². The van der Waals surface area contributed by atoms with Crippen molar-refractivity contribution in [1.82, 2.24) is 0 Å². The molecule has 2 nitrogen and oxygen atoms in total. The van der Waals surface area contributed by atoms with Crippen molar-refractivity contribution in [3.05, 3.63) is 12.2 Å². The molecule has 0 unspecified atom stereocenters. The molecule has 88 valence electrons. The van der Waals surface area contributed by atoms with Crippen LogP contribution in [0.25, 0.3) is 0 Å². The van der Waals surface area contributed by atoms with Crippen LogP contribution in [0.5, 0.6) is 0 Å². The van der Waals surface area contributed by atoms with E-state index in [9.17, 15) is 4.79 Å². The van der Waals surface area contributed by atoms with Gasteiger partial charge < -0.3 is 4.43 Å². The predicted octanol–water partition coefficient (Wildman–Crippen LogP) is 3.54. The second kappa shape index (κ2) is 5.61. The van der Waals surface area contributed by atoms with Gasteiger partial charge in [-0.3, -0.25) is 4.79 Å². The Morgan fingerprint density at radius 2 is 1.87 bits per heavy atom. The molecule has 0 aromatic heterocycles. The minimum absolute atomic E-state index is 0.196. The van der Waals surface area contributed by atoms with Gasteiger partial charge in [-0.05, 0) is 37.6 Å². The molecule has 0 aliphatic heterocycles. The van der Waals surface area contributed by atoms with E-state index in [1.54, 1.807) is 0 Å². The van der Waals surface area contributed by atoms with Crippen LogP contribution in [0, 0.1) is 0 Å². The Kier molecular flexibility index (Phi) is 5.46. The molecule has 0 fully saturated rings. The van der Waals surface area contributed by atoms with Gasteiger partial charge in [0.15, 0.2) is 8.32 Å². The summed E-state index contributed by atoms with van der Waals surface area (Å²) in [4.78, 5) is 10.1. The van der Waals surface area contributed by atoms with Crippen LogP contribution in [0.1, 0.15) is 34.1 Å². The number of carbonyl (C=O) groups is 1. The lowest BCUT2D eigenvalue weighted by Gasteiger charge is -2.38. The third kappa shape index (κ3) is 5.28. The summed E-state index contributed by atoms with van der Waals surface area (Å²) in [6.07, 6.45) is 5.21. The quantitative estimate of drug-likeness (QED) is 0.409. The van der Waals surface area contributed by atoms with Gasteiger partial charge in [0.2, 0.25) is 0 Å². The smallest absolute Gasteiger partial charge is 0.192 e. The Bertz CT molecular complexity index is 226. The second-order valence-corrected chi connectivity index (χ2v) is 10.2. The SMILES string of the molecule is C[C@H](C/C=C\C=O)O[Si](C)(C)C(C)(C)C. The van der Waals surface area contributed by atoms with Crippen molar-refractivity contribution < 1.29 is 9.22 Å². The first-order chi connectivity index (χ1) is 6.70. The molecule has 0 rings (SSSR count). The van der Waals surface area contributed by atoms with Gasteiger partial charge in [-0.1, -0.05) is 26.8 Å². The molecule has 0 N–H and O–H groups in total. The maximum absolute atomic E-state index is 10.1. The lowest BCUT2D eigenvalue weighted by Crippen LogP contribution is -2.43. The molecule has 0 radical (unpaired) electrons. The highest BCUT2D eigenvalue weighted by Crippen LogP contribution is 2.37. The van der Waals surface area contributed by atoms with Crippen molar-refractivity contribution in [1.29, 1.82) is 0 Å². The first-order valence-corrected chi connectivity index (χ1v) is 8.39. The van der Waals surface area contributed by atoms with E-state index in [1.165, 1.54) is 6.08 Å². The molecule has 3 heteroatoms. The zero-order valence-electron chi connectivity index (χ0n) is 10.8. The first-order valence-electron chi connectivity index (χ1n) is 5.49. The van der Waals surface area contributed by atoms with E-state index in [-0.39, 0.29) is 11.1 Å². The summed E-state index contributed by atoms with van der Waals surface area (Å²) in [5.41, 5.74) is 0. The highest BCUT2D eigenvalue weighted by Gasteiger charge is 2.38. The van der Waals surface area contributed by atoms with Crippen LogP contribution in [-0.4, -0.2) is 20.7 Å². The van der Waals surface area contributed by atoms with Gasteiger partial charge in [-0.15, -0.1) is 0 Å². The van der Waals surface area contributed by atoms with Crippen LogP contribution < -0.4 is 0 Å². The summed E-state index contributed by atoms with van der Waals surface area (Å²) in [5, 5.41) is 0.246. The molecule has 0 aromatic rings. The Morgan fingerprint density at radius 3 is 2.27 bits per heavy atom. The van der Waals surface area contributed by atoms with E-state index in [0.29, 0.717) is 0 Å². The lowest BCUT2D eigenvalue weighted by molar-refractivity contribution is -0.104. The maximum atomic E-state index is 10.1. The summed E-state index contributed by atoms with van der Waals surface area (Å²) in [6.45, 7) is 13.2. The third-order valence-electron chi connectivity index (χ3n) is 2.98. The minimum Gasteiger partial charge on any atom is -0.414 e. The fraction of sp³-hybridized carbons (Fsp3) is 0.750. The highest BCUT2D eigenvalue weighted by atomic mass is 28.4. The van der Waals surface area contributed by atoms with Crippen molar-refractivity contribution in [2.75, 3.05) is 0 Å². The Morgan fingerprint density at radius 1 is 1.33 bits per heavy atom. The van der Waals surface area contributed by atoms with Crippen LogP contribution in [0.2, 0.25) is 18.1 Å². The van der Waals surface area contributed by atoms with E-state index >= 15 is 0 Å². The molecule has 0 spiro atoms. The number of rotatable bonds is 5. The predicted molar refractivity (Wildman–Crippen MR) is 67.6 cm³/mol. The molecule has 0 saturated heterocycles. The monoisotopic (exact) mass is 228 g/mol. The Labute approximate surface area is 94.8 Å². The van der Waals surface area contributed by atoms with Crippen LogP contribution >= 0.6 is 0 Å². The molecule has 0 aromatic carbocycles. The van der Waals surface area contributed by atoms with Crippen LogP contribution in [0.4, 0.5) is 0 Å². The molecule has 15 heavy (non-hydrogen) atoms. The standard InChI is InChI=1S/C12H24O2Si/c1-11(9-7-8-10-13)14-15(5,6)12(2,3)4/h7-8,10-11H,9H2,1-6H3/b8-7-/t11-/m1/s1. The number of allylic oxidation sites excluding steroid dienone is 1. The van der Waals surface area contributed by atoms with Gasteiger partial charge in [0.05, 0.1) is 0 Å². The molecule has 0 bridgehead atoms. The van der Waals surface area contributed by atoms with Gasteiger partial charge in [-0.2, -0.15) is 0 Å². The van der Waals surface area contributed by atoms with Gasteiger partial charge in [0.1, 0.15) is 6.29 Å². The zero-order valence-corrected chi connectivity index (χ0v) is 11.8. The average molecular weight is 228 g/mol. The second-order valence-electron chi connectivity index (χ2n) is 5.49. The molecule has 0 aliphatic carbocycles. The van der Waals surface area contributed by atoms with E-state index in [0.717, 1.165) is 12.7 Å². The summed E-state index contributed by atoms with van der Waals surface area (Å²) in [6, 6.07) is 0. The Hall–Kier alpha value is -0.413. The fourth-order valence-corrected chi connectivity index (χ4v) is 2.51. The molecule has 0 amide bonds. The number of hydrogen-bond donors (Lipinski definition) is 0. The zero-order chi connectivity index (χ0) is 12.1. The Balaban J connectivity index is 4.22. The number of carbonyl (C=O) groups excluding carboxylic acids is 1. The summed E-state index contributed by atoms with van der Waals surface area (Å²) >= 11 is 0. The molecule has 0 aliphatic rings. The van der Waals surface area contributed by atoms with Crippen molar-refractivity contribution in [3.63, 3.8) is 0 Å². The van der Waals surface area contributed by atoms with Crippen molar-refractivity contribution in [3.8, 4) is 0 Å². The topological polar surface area (TPSA) is 26.3 Å². The normalized spacial score (nSPS) is 15.6. The van der Waals surface area contributed by atoms with Crippen molar-refractivity contribution >= 4 is 14.6 Å². The minimum atomic E-state index is -1.65. The molecule has 0 heterocycles. The highest BCUT2D eigenvalue weighted by molar-refractivity contribution is 6.74. The van der Waals surface area contributed by atoms with E-state index in [2.05, 4.69) is 40.8 Å². The average Bonchev–Trinajstić information content (AvgIpc) is 2.01. The molecule has 0 saturated carbocycles. The van der Waals surface area contributed by atoms with Gasteiger partial charge >= 0.3 is 0 Å². The van der Waals surface area contributed by atoms with E-state index < -0.39 is 8.32 Å². The molecular formula is C12H24O2Si. The third-order valence-corrected chi connectivity index (χ3v) is 7.59. The van der Waals surface area contributed by atoms with Crippen molar-refractivity contribution in [2.45, 2.75) is 58.4 Å². The maximum Gasteiger partial charge on any atom is 0.192 e. The summed E-state index contributed by atoms with van der Waals surface area (Å²) in [7, 11) is -1.65. The van der Waals surface area contributed by atoms with Gasteiger partial charge in [0.25, 0.3) is 0 Å². The van der Waals surface area contributed by atoms with Crippen LogP contribution in [0.15, 0.2) is 12.2 Å². The van der Waals surface area contributed by atoms with Crippen molar-refractivity contribution in [2.24, 2.45) is 0 Å². The van der Waals surface area contributed by atoms with E-state index in [1.807, 2.05) is 6.08 Å². The summed E-state index contributed by atoms with van der Waals surface area (Å²) in [5.74, 6) is 0.